The van der Waals surface area contributed by atoms with Crippen LogP contribution in [0.1, 0.15) is 33.6 Å². The minimum Gasteiger partial charge on any atom is -0.440 e. The van der Waals surface area contributed by atoms with Crippen molar-refractivity contribution in [3.05, 3.63) is 34.4 Å². The van der Waals surface area contributed by atoms with Crippen LogP contribution in [0.2, 0.25) is 18.1 Å². The summed E-state index contributed by atoms with van der Waals surface area (Å²) < 4.78 is 38.8. The van der Waals surface area contributed by atoms with Crippen molar-refractivity contribution in [2.24, 2.45) is 0 Å². The lowest BCUT2D eigenvalue weighted by molar-refractivity contribution is -0.387. The van der Waals surface area contributed by atoms with Crippen molar-refractivity contribution in [1.82, 2.24) is 4.31 Å². The van der Waals surface area contributed by atoms with E-state index in [0.717, 1.165) is 12.1 Å². The van der Waals surface area contributed by atoms with Crippen molar-refractivity contribution < 1.29 is 27.3 Å². The van der Waals surface area contributed by atoms with Gasteiger partial charge in [-0.15, -0.1) is 0 Å². The molecule has 160 valence electrons. The average molecular weight is 443 g/mol. The Labute approximate surface area is 171 Å². The second-order valence-electron chi connectivity index (χ2n) is 8.94. The molecule has 2 aliphatic rings. The monoisotopic (exact) mass is 442 g/mol. The molecule has 1 aliphatic carbocycles. The number of benzene rings is 1. The van der Waals surface area contributed by atoms with Gasteiger partial charge in [0.05, 0.1) is 17.1 Å². The van der Waals surface area contributed by atoms with Gasteiger partial charge in [0.15, 0.2) is 19.3 Å². The van der Waals surface area contributed by atoms with Gasteiger partial charge in [-0.2, -0.15) is 4.31 Å². The quantitative estimate of drug-likeness (QED) is 0.388. The predicted molar refractivity (Wildman–Crippen MR) is 107 cm³/mol. The number of para-hydroxylation sites is 1. The summed E-state index contributed by atoms with van der Waals surface area (Å²) in [4.78, 5) is 22.5. The van der Waals surface area contributed by atoms with Gasteiger partial charge in [0.25, 0.3) is 15.7 Å². The third kappa shape index (κ3) is 3.66. The summed E-state index contributed by atoms with van der Waals surface area (Å²) in [6.07, 6.45) is -1.18. The molecule has 1 aromatic carbocycles. The number of carbonyl (C=O) groups is 1. The van der Waals surface area contributed by atoms with E-state index in [1.807, 2.05) is 0 Å². The van der Waals surface area contributed by atoms with Gasteiger partial charge in [-0.05, 0) is 37.0 Å². The SMILES string of the molecule is CC(C)(C)[Si](C)(C)OC1CCC2C1OC(=O)N2S(=O)(=O)c1ccccc1[N+](=O)[O-]. The Hall–Kier alpha value is -1.98. The van der Waals surface area contributed by atoms with Gasteiger partial charge in [-0.25, -0.2) is 13.2 Å². The van der Waals surface area contributed by atoms with E-state index < -0.39 is 58.2 Å². The van der Waals surface area contributed by atoms with E-state index in [2.05, 4.69) is 33.9 Å². The number of nitro benzene ring substituents is 1. The fourth-order valence-corrected chi connectivity index (χ4v) is 6.56. The Balaban J connectivity index is 1.91. The zero-order chi connectivity index (χ0) is 21.8. The first-order chi connectivity index (χ1) is 13.3. The molecule has 2 fully saturated rings. The summed E-state index contributed by atoms with van der Waals surface area (Å²) in [6.45, 7) is 10.4. The molecule has 3 rings (SSSR count). The van der Waals surface area contributed by atoms with Crippen LogP contribution >= 0.6 is 0 Å². The summed E-state index contributed by atoms with van der Waals surface area (Å²) in [6, 6.07) is 4.26. The molecular weight excluding hydrogens is 416 g/mol. The third-order valence-corrected chi connectivity index (χ3v) is 12.4. The Morgan fingerprint density at radius 3 is 2.45 bits per heavy atom. The summed E-state index contributed by atoms with van der Waals surface area (Å²) in [7, 11) is -6.60. The maximum atomic E-state index is 13.2. The zero-order valence-corrected chi connectivity index (χ0v) is 18.9. The molecule has 1 saturated heterocycles. The van der Waals surface area contributed by atoms with Crippen molar-refractivity contribution in [2.75, 3.05) is 0 Å². The Morgan fingerprint density at radius 2 is 1.86 bits per heavy atom. The molecule has 1 saturated carbocycles. The van der Waals surface area contributed by atoms with Crippen LogP contribution in [0.3, 0.4) is 0 Å². The zero-order valence-electron chi connectivity index (χ0n) is 17.1. The van der Waals surface area contributed by atoms with E-state index in [1.54, 1.807) is 0 Å². The molecule has 0 spiro atoms. The van der Waals surface area contributed by atoms with E-state index >= 15 is 0 Å². The van der Waals surface area contributed by atoms with Gasteiger partial charge in [0, 0.05) is 6.07 Å². The number of carbonyl (C=O) groups excluding carboxylic acids is 1. The van der Waals surface area contributed by atoms with Crippen molar-refractivity contribution >= 4 is 30.1 Å². The lowest BCUT2D eigenvalue weighted by atomic mass is 10.2. The number of sulfonamides is 1. The Kier molecular flexibility index (Phi) is 5.29. The molecule has 1 aromatic rings. The van der Waals surface area contributed by atoms with E-state index in [0.29, 0.717) is 17.1 Å². The van der Waals surface area contributed by atoms with E-state index in [9.17, 15) is 23.3 Å². The van der Waals surface area contributed by atoms with Crippen molar-refractivity contribution in [1.29, 1.82) is 0 Å². The number of rotatable bonds is 5. The fourth-order valence-electron chi connectivity index (χ4n) is 3.51. The number of amides is 1. The molecule has 1 heterocycles. The first-order valence-corrected chi connectivity index (χ1v) is 13.8. The Bertz CT molecular complexity index is 942. The van der Waals surface area contributed by atoms with Crippen LogP contribution in [-0.2, 0) is 19.2 Å². The summed E-state index contributed by atoms with van der Waals surface area (Å²) >= 11 is 0. The van der Waals surface area contributed by atoms with Gasteiger partial charge < -0.3 is 9.16 Å². The number of ether oxygens (including phenoxy) is 1. The molecule has 9 nitrogen and oxygen atoms in total. The number of nitro groups is 1. The fraction of sp³-hybridized carbons (Fsp3) is 0.611. The molecule has 0 aromatic heterocycles. The summed E-state index contributed by atoms with van der Waals surface area (Å²) in [5.41, 5.74) is -0.573. The van der Waals surface area contributed by atoms with Gasteiger partial charge in [0.2, 0.25) is 0 Å². The molecule has 0 radical (unpaired) electrons. The predicted octanol–water partition coefficient (Wildman–Crippen LogP) is 3.66. The maximum Gasteiger partial charge on any atom is 0.424 e. The van der Waals surface area contributed by atoms with Gasteiger partial charge in [-0.1, -0.05) is 32.9 Å². The van der Waals surface area contributed by atoms with Crippen LogP contribution in [0.15, 0.2) is 29.2 Å². The second kappa shape index (κ2) is 7.06. The molecule has 1 amide bonds. The number of nitrogens with zero attached hydrogens (tertiary/aromatic N) is 2. The largest absolute Gasteiger partial charge is 0.440 e. The molecule has 3 unspecified atom stereocenters. The number of hydrogen-bond donors (Lipinski definition) is 0. The highest BCUT2D eigenvalue weighted by Gasteiger charge is 2.57. The molecular formula is C18H26N2O7SSi. The molecule has 0 bridgehead atoms. The first-order valence-electron chi connectivity index (χ1n) is 9.43. The van der Waals surface area contributed by atoms with E-state index in [1.165, 1.54) is 12.1 Å². The van der Waals surface area contributed by atoms with Crippen LogP contribution in [0.5, 0.6) is 0 Å². The molecule has 1 aliphatic heterocycles. The molecule has 29 heavy (non-hydrogen) atoms. The third-order valence-electron chi connectivity index (χ3n) is 6.06. The first kappa shape index (κ1) is 21.7. The van der Waals surface area contributed by atoms with Crippen molar-refractivity contribution in [2.45, 2.75) is 74.9 Å². The molecule has 3 atom stereocenters. The van der Waals surface area contributed by atoms with Gasteiger partial charge >= 0.3 is 6.09 Å². The van der Waals surface area contributed by atoms with Crippen LogP contribution in [0, 0.1) is 10.1 Å². The average Bonchev–Trinajstić information content (AvgIpc) is 3.12. The maximum absolute atomic E-state index is 13.2. The second-order valence-corrected chi connectivity index (χ2v) is 15.5. The lowest BCUT2D eigenvalue weighted by Gasteiger charge is -2.39. The van der Waals surface area contributed by atoms with Crippen LogP contribution < -0.4 is 0 Å². The van der Waals surface area contributed by atoms with Crippen LogP contribution in [0.4, 0.5) is 10.5 Å². The minimum absolute atomic E-state index is 0.0515. The number of hydrogen-bond acceptors (Lipinski definition) is 7. The normalized spacial score (nSPS) is 25.1. The lowest BCUT2D eigenvalue weighted by Crippen LogP contribution is -2.47. The smallest absolute Gasteiger partial charge is 0.424 e. The standard InChI is InChI=1S/C18H26N2O7SSi/c1-18(2,3)29(4,5)27-14-11-10-13-16(14)26-17(21)19(13)28(24,25)15-9-7-6-8-12(15)20(22)23/h6-9,13-14,16H,10-11H2,1-5H3. The van der Waals surface area contributed by atoms with Crippen LogP contribution in [-0.4, -0.2) is 50.3 Å². The number of fused-ring (bicyclic) bond motifs is 1. The Morgan fingerprint density at radius 1 is 1.24 bits per heavy atom. The highest BCUT2D eigenvalue weighted by atomic mass is 32.2. The topological polar surface area (TPSA) is 116 Å². The van der Waals surface area contributed by atoms with Gasteiger partial charge in [0.1, 0.15) is 0 Å². The summed E-state index contributed by atoms with van der Waals surface area (Å²) in [5.74, 6) is 0. The summed E-state index contributed by atoms with van der Waals surface area (Å²) in [5, 5.41) is 11.2. The van der Waals surface area contributed by atoms with Crippen LogP contribution in [0.25, 0.3) is 0 Å². The van der Waals surface area contributed by atoms with Gasteiger partial charge in [-0.3, -0.25) is 10.1 Å². The highest BCUT2D eigenvalue weighted by molar-refractivity contribution is 7.89. The minimum atomic E-state index is -4.44. The van der Waals surface area contributed by atoms with E-state index in [-0.39, 0.29) is 5.04 Å². The van der Waals surface area contributed by atoms with Crippen molar-refractivity contribution in [3.63, 3.8) is 0 Å². The van der Waals surface area contributed by atoms with Crippen molar-refractivity contribution in [3.8, 4) is 0 Å². The van der Waals surface area contributed by atoms with E-state index in [4.69, 9.17) is 9.16 Å². The molecule has 0 N–H and O–H groups in total. The highest BCUT2D eigenvalue weighted by Crippen LogP contribution is 2.44. The molecule has 11 heteroatoms.